The van der Waals surface area contributed by atoms with Crippen molar-refractivity contribution in [3.63, 3.8) is 0 Å². The van der Waals surface area contributed by atoms with Crippen LogP contribution < -0.4 is 5.32 Å². The van der Waals surface area contributed by atoms with E-state index in [1.54, 1.807) is 0 Å². The number of non-ortho nitro benzene ring substituents is 1. The molecule has 10 heteroatoms. The lowest BCUT2D eigenvalue weighted by molar-refractivity contribution is -0.385. The van der Waals surface area contributed by atoms with Gasteiger partial charge in [-0.1, -0.05) is 11.8 Å². The largest absolute Gasteiger partial charge is 0.465 e. The summed E-state index contributed by atoms with van der Waals surface area (Å²) in [5, 5.41) is 22.2. The first-order valence-corrected chi connectivity index (χ1v) is 8.10. The van der Waals surface area contributed by atoms with Crippen molar-refractivity contribution in [1.82, 2.24) is 5.32 Å². The lowest BCUT2D eigenvalue weighted by atomic mass is 9.79. The van der Waals surface area contributed by atoms with E-state index < -0.39 is 22.4 Å². The number of amides is 1. The van der Waals surface area contributed by atoms with E-state index >= 15 is 0 Å². The number of ether oxygens (including phenoxy) is 1. The molecule has 2 aliphatic heterocycles. The summed E-state index contributed by atoms with van der Waals surface area (Å²) in [7, 11) is 0. The molecule has 0 aromatic heterocycles. The van der Waals surface area contributed by atoms with Crippen LogP contribution in [0.4, 0.5) is 14.9 Å². The zero-order valence-corrected chi connectivity index (χ0v) is 13.4. The van der Waals surface area contributed by atoms with Gasteiger partial charge in [-0.3, -0.25) is 15.4 Å². The molecule has 0 radical (unpaired) electrons. The van der Waals surface area contributed by atoms with Crippen LogP contribution in [-0.4, -0.2) is 39.8 Å². The number of thioether (sulfide) groups is 1. The Kier molecular flexibility index (Phi) is 4.18. The van der Waals surface area contributed by atoms with E-state index in [1.165, 1.54) is 11.8 Å². The Bertz CT molecular complexity index is 743. The molecular formula is C14H14FN3O5S. The Labute approximate surface area is 140 Å². The highest BCUT2D eigenvalue weighted by Crippen LogP contribution is 2.48. The van der Waals surface area contributed by atoms with Crippen LogP contribution in [0.5, 0.6) is 0 Å². The van der Waals surface area contributed by atoms with E-state index in [0.717, 1.165) is 18.2 Å². The summed E-state index contributed by atoms with van der Waals surface area (Å²) in [4.78, 5) is 25.7. The lowest BCUT2D eigenvalue weighted by Crippen LogP contribution is -2.43. The quantitative estimate of drug-likeness (QED) is 0.622. The van der Waals surface area contributed by atoms with Crippen molar-refractivity contribution in [2.45, 2.75) is 18.6 Å². The minimum atomic E-state index is -1.28. The first kappa shape index (κ1) is 16.7. The topological polar surface area (TPSA) is 114 Å². The predicted octanol–water partition coefficient (Wildman–Crippen LogP) is 2.33. The Morgan fingerprint density at radius 3 is 3.04 bits per heavy atom. The van der Waals surface area contributed by atoms with Gasteiger partial charge in [-0.15, -0.1) is 0 Å². The van der Waals surface area contributed by atoms with E-state index in [0.29, 0.717) is 5.75 Å². The third kappa shape index (κ3) is 2.71. The highest BCUT2D eigenvalue weighted by atomic mass is 32.2. The van der Waals surface area contributed by atoms with Crippen LogP contribution >= 0.6 is 11.8 Å². The van der Waals surface area contributed by atoms with Gasteiger partial charge in [-0.05, 0) is 13.0 Å². The Hall–Kier alpha value is -2.20. The van der Waals surface area contributed by atoms with Crippen LogP contribution in [0.1, 0.15) is 12.5 Å². The molecule has 2 aliphatic rings. The van der Waals surface area contributed by atoms with Crippen molar-refractivity contribution in [3.05, 3.63) is 39.7 Å². The predicted molar refractivity (Wildman–Crippen MR) is 84.7 cm³/mol. The monoisotopic (exact) mass is 355 g/mol. The number of halogens is 1. The first-order valence-electron chi connectivity index (χ1n) is 7.12. The zero-order chi connectivity index (χ0) is 17.5. The minimum absolute atomic E-state index is 0.0300. The van der Waals surface area contributed by atoms with Crippen molar-refractivity contribution < 1.29 is 24.0 Å². The molecule has 1 aromatic carbocycles. The smallest absolute Gasteiger partial charge is 0.410 e. The van der Waals surface area contributed by atoms with Gasteiger partial charge in [0.05, 0.1) is 17.6 Å². The molecule has 8 nitrogen and oxygen atoms in total. The summed E-state index contributed by atoms with van der Waals surface area (Å²) < 4.78 is 20.1. The summed E-state index contributed by atoms with van der Waals surface area (Å²) >= 11 is 1.20. The number of nitro groups is 1. The molecule has 3 atom stereocenters. The minimum Gasteiger partial charge on any atom is -0.465 e. The number of benzene rings is 1. The highest BCUT2D eigenvalue weighted by Gasteiger charge is 2.53. The number of aliphatic imine (C=N–C) groups is 1. The molecule has 2 heterocycles. The van der Waals surface area contributed by atoms with Crippen molar-refractivity contribution >= 4 is 28.7 Å². The Morgan fingerprint density at radius 2 is 2.38 bits per heavy atom. The van der Waals surface area contributed by atoms with Crippen LogP contribution in [-0.2, 0) is 10.3 Å². The number of hydrogen-bond acceptors (Lipinski definition) is 6. The van der Waals surface area contributed by atoms with E-state index in [-0.39, 0.29) is 35.0 Å². The molecule has 1 saturated heterocycles. The van der Waals surface area contributed by atoms with Gasteiger partial charge in [-0.25, -0.2) is 14.2 Å². The zero-order valence-electron chi connectivity index (χ0n) is 12.6. The second kappa shape index (κ2) is 6.02. The third-order valence-corrected chi connectivity index (χ3v) is 5.28. The summed E-state index contributed by atoms with van der Waals surface area (Å²) in [5.74, 6) is -0.394. The number of rotatable bonds is 2. The Morgan fingerprint density at radius 1 is 1.62 bits per heavy atom. The van der Waals surface area contributed by atoms with E-state index in [9.17, 15) is 19.3 Å². The molecular weight excluding hydrogens is 341 g/mol. The summed E-state index contributed by atoms with van der Waals surface area (Å²) in [5.41, 5.74) is -1.38. The van der Waals surface area contributed by atoms with Crippen LogP contribution in [0.3, 0.4) is 0 Å². The average molecular weight is 355 g/mol. The normalized spacial score (nSPS) is 28.8. The van der Waals surface area contributed by atoms with Crippen molar-refractivity contribution in [2.24, 2.45) is 10.9 Å². The maximum absolute atomic E-state index is 14.5. The van der Waals surface area contributed by atoms with Crippen LogP contribution in [0, 0.1) is 21.8 Å². The molecule has 1 fully saturated rings. The second-order valence-corrected chi connectivity index (χ2v) is 6.63. The van der Waals surface area contributed by atoms with E-state index in [4.69, 9.17) is 9.84 Å². The van der Waals surface area contributed by atoms with Crippen molar-refractivity contribution in [1.29, 1.82) is 0 Å². The van der Waals surface area contributed by atoms with Gasteiger partial charge in [0.2, 0.25) is 0 Å². The maximum atomic E-state index is 14.5. The number of nitro benzene ring substituents is 1. The van der Waals surface area contributed by atoms with Crippen LogP contribution in [0.2, 0.25) is 0 Å². The molecule has 0 aliphatic carbocycles. The molecule has 128 valence electrons. The molecule has 0 saturated carbocycles. The first-order chi connectivity index (χ1) is 11.3. The van der Waals surface area contributed by atoms with E-state index in [2.05, 4.69) is 10.3 Å². The molecule has 2 N–H and O–H groups in total. The van der Waals surface area contributed by atoms with Gasteiger partial charge in [0.15, 0.2) is 5.17 Å². The molecule has 0 unspecified atom stereocenters. The molecule has 3 rings (SSSR count). The maximum Gasteiger partial charge on any atom is 0.410 e. The fourth-order valence-corrected chi connectivity index (χ4v) is 4.36. The molecule has 24 heavy (non-hydrogen) atoms. The van der Waals surface area contributed by atoms with Gasteiger partial charge < -0.3 is 9.84 Å². The Balaban J connectivity index is 2.14. The lowest BCUT2D eigenvalue weighted by Gasteiger charge is -2.35. The SMILES string of the molecule is C[C@H]1OC[C@]2(c3cc([N+](=O)[O-])ccc3F)N=C(NC(=O)O)SC[C@H]12. The van der Waals surface area contributed by atoms with Gasteiger partial charge in [-0.2, -0.15) is 0 Å². The average Bonchev–Trinajstić information content (AvgIpc) is 2.84. The molecule has 0 bridgehead atoms. The fraction of sp³-hybridized carbons (Fsp3) is 0.429. The number of nitrogens with one attached hydrogen (secondary N) is 1. The van der Waals surface area contributed by atoms with Crippen LogP contribution in [0.15, 0.2) is 23.2 Å². The standard InChI is InChI=1S/C14H14FN3O5S/c1-7-10-5-24-12(16-13(19)20)17-14(10,6-23-7)9-4-8(18(21)22)2-3-11(9)15/h2-4,7,10H,5-6H2,1H3,(H,16,17)(H,19,20)/t7-,10-,14-/m1/s1. The number of nitrogens with zero attached hydrogens (tertiary/aromatic N) is 2. The summed E-state index contributed by atoms with van der Waals surface area (Å²) in [6.45, 7) is 1.86. The summed E-state index contributed by atoms with van der Waals surface area (Å²) in [6.07, 6.45) is -1.51. The molecule has 1 aromatic rings. The van der Waals surface area contributed by atoms with Gasteiger partial charge in [0, 0.05) is 29.4 Å². The fourth-order valence-electron chi connectivity index (χ4n) is 3.09. The second-order valence-electron chi connectivity index (χ2n) is 5.63. The number of carboxylic acid groups (broad SMARTS) is 1. The third-order valence-electron chi connectivity index (χ3n) is 4.29. The number of amidine groups is 1. The van der Waals surface area contributed by atoms with Gasteiger partial charge in [0.25, 0.3) is 5.69 Å². The van der Waals surface area contributed by atoms with Crippen molar-refractivity contribution in [2.75, 3.05) is 12.4 Å². The molecule has 0 spiro atoms. The number of hydrogen-bond donors (Lipinski definition) is 2. The van der Waals surface area contributed by atoms with Crippen LogP contribution in [0.25, 0.3) is 0 Å². The number of fused-ring (bicyclic) bond motifs is 1. The van der Waals surface area contributed by atoms with Gasteiger partial charge >= 0.3 is 6.09 Å². The van der Waals surface area contributed by atoms with E-state index in [1.807, 2.05) is 6.92 Å². The number of carbonyl (C=O) groups is 1. The summed E-state index contributed by atoms with van der Waals surface area (Å²) in [6, 6.07) is 3.27. The highest BCUT2D eigenvalue weighted by molar-refractivity contribution is 8.13. The molecule has 1 amide bonds. The van der Waals surface area contributed by atoms with Crippen molar-refractivity contribution in [3.8, 4) is 0 Å². The van der Waals surface area contributed by atoms with Gasteiger partial charge in [0.1, 0.15) is 11.4 Å².